The van der Waals surface area contributed by atoms with Crippen LogP contribution >= 0.6 is 0 Å². The summed E-state index contributed by atoms with van der Waals surface area (Å²) in [6.45, 7) is 4.17. The van der Waals surface area contributed by atoms with Gasteiger partial charge in [-0.1, -0.05) is 12.1 Å². The molecule has 2 aliphatic rings. The van der Waals surface area contributed by atoms with Crippen LogP contribution in [0.3, 0.4) is 0 Å². The van der Waals surface area contributed by atoms with E-state index in [4.69, 9.17) is 5.21 Å². The maximum absolute atomic E-state index is 11.4. The molecule has 2 aromatic rings. The number of piperazine rings is 1. The topological polar surface area (TPSA) is 55.8 Å². The standard InChI is InChI=1S/C19H21N3O2/c1-13-3-2-4-16(9-13)22-12-17-10-18(22)11-21(17)15-7-5-14(6-8-15)19(23)20-24/h2-9,17-18,24H,10-12H2,1H3,(H,20,23)/t17-,18-/m1/s1. The average molecular weight is 323 g/mol. The fourth-order valence-electron chi connectivity index (χ4n) is 3.97. The molecule has 0 aromatic heterocycles. The molecule has 0 saturated carbocycles. The maximum atomic E-state index is 11.4. The van der Waals surface area contributed by atoms with E-state index in [1.807, 2.05) is 12.1 Å². The molecule has 0 unspecified atom stereocenters. The highest BCUT2D eigenvalue weighted by atomic mass is 16.5. The number of rotatable bonds is 3. The molecule has 2 N–H and O–H groups in total. The van der Waals surface area contributed by atoms with Crippen molar-refractivity contribution in [2.75, 3.05) is 22.9 Å². The number of fused-ring (bicyclic) bond motifs is 2. The van der Waals surface area contributed by atoms with E-state index in [0.717, 1.165) is 18.8 Å². The van der Waals surface area contributed by atoms with E-state index < -0.39 is 5.91 Å². The van der Waals surface area contributed by atoms with E-state index in [2.05, 4.69) is 41.0 Å². The Hall–Kier alpha value is -2.53. The minimum Gasteiger partial charge on any atom is -0.365 e. The summed E-state index contributed by atoms with van der Waals surface area (Å²) >= 11 is 0. The number of hydrogen-bond acceptors (Lipinski definition) is 4. The van der Waals surface area contributed by atoms with E-state index in [1.165, 1.54) is 17.7 Å². The van der Waals surface area contributed by atoms with Gasteiger partial charge in [-0.15, -0.1) is 0 Å². The highest BCUT2D eigenvalue weighted by Gasteiger charge is 2.43. The smallest absolute Gasteiger partial charge is 0.274 e. The van der Waals surface area contributed by atoms with Crippen LogP contribution in [0.4, 0.5) is 11.4 Å². The Balaban J connectivity index is 1.49. The van der Waals surface area contributed by atoms with Gasteiger partial charge in [0.15, 0.2) is 0 Å². The molecule has 5 nitrogen and oxygen atoms in total. The van der Waals surface area contributed by atoms with Crippen molar-refractivity contribution in [3.05, 3.63) is 59.7 Å². The summed E-state index contributed by atoms with van der Waals surface area (Å²) in [4.78, 5) is 16.4. The number of nitrogens with zero attached hydrogens (tertiary/aromatic N) is 2. The number of anilines is 2. The van der Waals surface area contributed by atoms with Crippen molar-refractivity contribution in [3.8, 4) is 0 Å². The molecule has 2 saturated heterocycles. The number of nitrogens with one attached hydrogen (secondary N) is 1. The van der Waals surface area contributed by atoms with Gasteiger partial charge in [0.2, 0.25) is 0 Å². The predicted molar refractivity (Wildman–Crippen MR) is 93.8 cm³/mol. The van der Waals surface area contributed by atoms with Crippen LogP contribution in [-0.2, 0) is 0 Å². The number of hydrogen-bond donors (Lipinski definition) is 2. The first kappa shape index (κ1) is 15.0. The summed E-state index contributed by atoms with van der Waals surface area (Å²) in [6.07, 6.45) is 1.17. The first-order valence-electron chi connectivity index (χ1n) is 8.30. The molecule has 2 heterocycles. The zero-order chi connectivity index (χ0) is 16.7. The summed E-state index contributed by atoms with van der Waals surface area (Å²) < 4.78 is 0. The minimum absolute atomic E-state index is 0.465. The molecular formula is C19H21N3O2. The summed E-state index contributed by atoms with van der Waals surface area (Å²) in [5.41, 5.74) is 5.88. The Kier molecular flexibility index (Phi) is 3.65. The largest absolute Gasteiger partial charge is 0.365 e. The number of benzene rings is 2. The molecule has 2 aliphatic heterocycles. The highest BCUT2D eigenvalue weighted by molar-refractivity contribution is 5.93. The van der Waals surface area contributed by atoms with Gasteiger partial charge in [-0.3, -0.25) is 10.0 Å². The van der Waals surface area contributed by atoms with Gasteiger partial charge in [-0.05, 0) is 55.3 Å². The average Bonchev–Trinajstić information content (AvgIpc) is 3.22. The molecule has 2 aromatic carbocycles. The molecular weight excluding hydrogens is 302 g/mol. The van der Waals surface area contributed by atoms with Crippen LogP contribution in [0.15, 0.2) is 48.5 Å². The zero-order valence-electron chi connectivity index (χ0n) is 13.6. The Morgan fingerprint density at radius 2 is 1.71 bits per heavy atom. The van der Waals surface area contributed by atoms with E-state index in [0.29, 0.717) is 17.6 Å². The van der Waals surface area contributed by atoms with Crippen LogP contribution in [0.25, 0.3) is 0 Å². The van der Waals surface area contributed by atoms with Crippen LogP contribution in [0.1, 0.15) is 22.3 Å². The molecule has 2 bridgehead atoms. The molecule has 24 heavy (non-hydrogen) atoms. The van der Waals surface area contributed by atoms with Crippen LogP contribution in [-0.4, -0.2) is 36.3 Å². The van der Waals surface area contributed by atoms with Crippen molar-refractivity contribution in [1.82, 2.24) is 5.48 Å². The maximum Gasteiger partial charge on any atom is 0.274 e. The van der Waals surface area contributed by atoms with Crippen LogP contribution in [0.2, 0.25) is 0 Å². The van der Waals surface area contributed by atoms with Crippen molar-refractivity contribution in [2.24, 2.45) is 0 Å². The van der Waals surface area contributed by atoms with Crippen molar-refractivity contribution in [1.29, 1.82) is 0 Å². The molecule has 2 atom stereocenters. The first-order chi connectivity index (χ1) is 11.7. The third kappa shape index (κ3) is 2.51. The van der Waals surface area contributed by atoms with Crippen molar-refractivity contribution < 1.29 is 10.0 Å². The van der Waals surface area contributed by atoms with Gasteiger partial charge < -0.3 is 9.80 Å². The van der Waals surface area contributed by atoms with E-state index in [-0.39, 0.29) is 0 Å². The summed E-state index contributed by atoms with van der Waals surface area (Å²) in [6, 6.07) is 17.2. The van der Waals surface area contributed by atoms with Crippen molar-refractivity contribution in [2.45, 2.75) is 25.4 Å². The van der Waals surface area contributed by atoms with Gasteiger partial charge in [0.25, 0.3) is 5.91 Å². The number of carbonyl (C=O) groups excluding carboxylic acids is 1. The van der Waals surface area contributed by atoms with Gasteiger partial charge in [-0.25, -0.2) is 5.48 Å². The molecule has 2 fully saturated rings. The fourth-order valence-corrected chi connectivity index (χ4v) is 3.97. The normalized spacial score (nSPS) is 22.1. The van der Waals surface area contributed by atoms with Gasteiger partial charge in [0.05, 0.1) is 0 Å². The van der Waals surface area contributed by atoms with Gasteiger partial charge >= 0.3 is 0 Å². The molecule has 4 rings (SSSR count). The van der Waals surface area contributed by atoms with Crippen LogP contribution in [0, 0.1) is 6.92 Å². The summed E-state index contributed by atoms with van der Waals surface area (Å²) in [7, 11) is 0. The Bertz CT molecular complexity index is 759. The molecule has 124 valence electrons. The number of carbonyl (C=O) groups is 1. The summed E-state index contributed by atoms with van der Waals surface area (Å²) in [5, 5.41) is 8.70. The highest BCUT2D eigenvalue weighted by Crippen LogP contribution is 2.37. The van der Waals surface area contributed by atoms with Crippen LogP contribution < -0.4 is 15.3 Å². The Labute approximate surface area is 141 Å². The van der Waals surface area contributed by atoms with Crippen molar-refractivity contribution in [3.63, 3.8) is 0 Å². The number of aryl methyl sites for hydroxylation is 1. The van der Waals surface area contributed by atoms with Crippen LogP contribution in [0.5, 0.6) is 0 Å². The minimum atomic E-state index is -0.477. The third-order valence-electron chi connectivity index (χ3n) is 5.14. The van der Waals surface area contributed by atoms with Gasteiger partial charge in [0.1, 0.15) is 0 Å². The van der Waals surface area contributed by atoms with E-state index in [9.17, 15) is 4.79 Å². The van der Waals surface area contributed by atoms with Gasteiger partial charge in [0, 0.05) is 42.1 Å². The monoisotopic (exact) mass is 323 g/mol. The lowest BCUT2D eigenvalue weighted by Crippen LogP contribution is -2.46. The number of hydroxylamine groups is 1. The van der Waals surface area contributed by atoms with E-state index >= 15 is 0 Å². The first-order valence-corrected chi connectivity index (χ1v) is 8.30. The number of amides is 1. The lowest BCUT2D eigenvalue weighted by atomic mass is 10.1. The SMILES string of the molecule is Cc1cccc(N2C[C@H]3C[C@@H]2CN3c2ccc(C(=O)NO)cc2)c1. The predicted octanol–water partition coefficient (Wildman–Crippen LogP) is 2.58. The van der Waals surface area contributed by atoms with Crippen molar-refractivity contribution >= 4 is 17.3 Å². The molecule has 0 aliphatic carbocycles. The van der Waals surface area contributed by atoms with E-state index in [1.54, 1.807) is 17.6 Å². The zero-order valence-corrected chi connectivity index (χ0v) is 13.6. The molecule has 1 amide bonds. The fraction of sp³-hybridized carbons (Fsp3) is 0.316. The second-order valence-electron chi connectivity index (χ2n) is 6.67. The molecule has 0 radical (unpaired) electrons. The Morgan fingerprint density at radius 1 is 1.04 bits per heavy atom. The summed E-state index contributed by atoms with van der Waals surface area (Å²) in [5.74, 6) is -0.477. The molecule has 0 spiro atoms. The lowest BCUT2D eigenvalue weighted by Gasteiger charge is -2.37. The second kappa shape index (κ2) is 5.83. The Morgan fingerprint density at radius 3 is 2.29 bits per heavy atom. The van der Waals surface area contributed by atoms with Gasteiger partial charge in [-0.2, -0.15) is 0 Å². The molecule has 5 heteroatoms. The third-order valence-corrected chi connectivity index (χ3v) is 5.14. The quantitative estimate of drug-likeness (QED) is 0.673. The lowest BCUT2D eigenvalue weighted by molar-refractivity contribution is 0.0706. The second-order valence-corrected chi connectivity index (χ2v) is 6.67.